The molecule has 0 aromatic rings. The van der Waals surface area contributed by atoms with Crippen LogP contribution in [0.15, 0.2) is 0 Å². The van der Waals surface area contributed by atoms with Gasteiger partial charge in [-0.1, -0.05) is 12.8 Å². The molecule has 1 N–H and O–H groups in total. The number of nitrogens with zero attached hydrogens (tertiary/aromatic N) is 1. The van der Waals surface area contributed by atoms with Gasteiger partial charge in [-0.3, -0.25) is 19.3 Å². The Morgan fingerprint density at radius 1 is 1.04 bits per heavy atom. The molecule has 0 spiro atoms. The lowest BCUT2D eigenvalue weighted by Crippen LogP contribution is -2.55. The van der Waals surface area contributed by atoms with E-state index in [-0.39, 0.29) is 42.7 Å². The highest BCUT2D eigenvalue weighted by Crippen LogP contribution is 2.23. The van der Waals surface area contributed by atoms with Crippen molar-refractivity contribution in [3.05, 3.63) is 0 Å². The number of rotatable bonds is 8. The third-order valence-electron chi connectivity index (χ3n) is 3.99. The van der Waals surface area contributed by atoms with E-state index in [1.807, 2.05) is 25.7 Å². The van der Waals surface area contributed by atoms with Crippen LogP contribution in [-0.2, 0) is 19.1 Å². The van der Waals surface area contributed by atoms with Crippen molar-refractivity contribution in [2.45, 2.75) is 78.0 Å². The minimum Gasteiger partial charge on any atom is -0.459 e. The molecule has 0 heterocycles. The summed E-state index contributed by atoms with van der Waals surface area (Å²) in [5, 5.41) is 3.29. The molecule has 1 rings (SSSR count). The number of nitrogens with one attached hydrogen (secondary N) is 1. The summed E-state index contributed by atoms with van der Waals surface area (Å²) in [5.41, 5.74) is -0.544. The predicted molar refractivity (Wildman–Crippen MR) is 92.8 cm³/mol. The van der Waals surface area contributed by atoms with Crippen LogP contribution >= 0.6 is 0 Å². The summed E-state index contributed by atoms with van der Waals surface area (Å²) in [7, 11) is 0. The Morgan fingerprint density at radius 3 is 2.21 bits per heavy atom. The summed E-state index contributed by atoms with van der Waals surface area (Å²) in [5.74, 6) is -0.210. The zero-order chi connectivity index (χ0) is 18.3. The van der Waals surface area contributed by atoms with Gasteiger partial charge in [0.15, 0.2) is 0 Å². The number of esters is 1. The van der Waals surface area contributed by atoms with Gasteiger partial charge in [0.1, 0.15) is 17.2 Å². The summed E-state index contributed by atoms with van der Waals surface area (Å²) in [6.45, 7) is 9.22. The van der Waals surface area contributed by atoms with Crippen LogP contribution in [0.2, 0.25) is 0 Å². The Hall–Kier alpha value is -1.27. The highest BCUT2D eigenvalue weighted by atomic mass is 16.6. The molecule has 0 aromatic heterocycles. The van der Waals surface area contributed by atoms with Gasteiger partial charge >= 0.3 is 5.97 Å². The van der Waals surface area contributed by atoms with E-state index in [4.69, 9.17) is 4.74 Å². The fourth-order valence-corrected chi connectivity index (χ4v) is 3.18. The maximum Gasteiger partial charge on any atom is 0.320 e. The van der Waals surface area contributed by atoms with Crippen LogP contribution in [0.4, 0.5) is 0 Å². The van der Waals surface area contributed by atoms with Gasteiger partial charge in [0, 0.05) is 12.1 Å². The highest BCUT2D eigenvalue weighted by molar-refractivity contribution is 5.79. The van der Waals surface area contributed by atoms with E-state index < -0.39 is 5.60 Å². The first kappa shape index (κ1) is 20.8. The SMILES string of the molecule is CC(=O)CN[C@H]1CCCCC1N(CC(C)=O)CC(=O)OC(C)(C)C. The van der Waals surface area contributed by atoms with E-state index in [2.05, 4.69) is 5.32 Å². The summed E-state index contributed by atoms with van der Waals surface area (Å²) >= 11 is 0. The third-order valence-corrected chi connectivity index (χ3v) is 3.99. The van der Waals surface area contributed by atoms with Gasteiger partial charge in [-0.25, -0.2) is 0 Å². The van der Waals surface area contributed by atoms with Crippen molar-refractivity contribution >= 4 is 17.5 Å². The average Bonchev–Trinajstić information content (AvgIpc) is 2.42. The normalized spacial score (nSPS) is 21.6. The third kappa shape index (κ3) is 8.02. The maximum atomic E-state index is 12.2. The molecule has 6 nitrogen and oxygen atoms in total. The van der Waals surface area contributed by atoms with E-state index >= 15 is 0 Å². The number of carbonyl (C=O) groups excluding carboxylic acids is 3. The van der Waals surface area contributed by atoms with Crippen molar-refractivity contribution in [2.24, 2.45) is 0 Å². The highest BCUT2D eigenvalue weighted by Gasteiger charge is 2.32. The minimum atomic E-state index is -0.544. The van der Waals surface area contributed by atoms with Crippen molar-refractivity contribution in [3.8, 4) is 0 Å². The summed E-state index contributed by atoms with van der Waals surface area (Å²) in [6.07, 6.45) is 4.00. The van der Waals surface area contributed by atoms with E-state index in [1.165, 1.54) is 6.92 Å². The molecule has 1 saturated carbocycles. The molecule has 1 unspecified atom stereocenters. The van der Waals surface area contributed by atoms with E-state index in [0.29, 0.717) is 6.54 Å². The first-order valence-corrected chi connectivity index (χ1v) is 8.76. The van der Waals surface area contributed by atoms with E-state index in [0.717, 1.165) is 25.7 Å². The zero-order valence-electron chi connectivity index (χ0n) is 15.7. The molecule has 24 heavy (non-hydrogen) atoms. The van der Waals surface area contributed by atoms with Crippen LogP contribution in [0.1, 0.15) is 60.3 Å². The number of hydrogen-bond acceptors (Lipinski definition) is 6. The number of carbonyl (C=O) groups is 3. The minimum absolute atomic E-state index is 0.0226. The zero-order valence-corrected chi connectivity index (χ0v) is 15.7. The Labute approximate surface area is 145 Å². The van der Waals surface area contributed by atoms with Gasteiger partial charge in [0.2, 0.25) is 0 Å². The molecule has 0 saturated heterocycles. The summed E-state index contributed by atoms with van der Waals surface area (Å²) in [4.78, 5) is 37.1. The molecule has 0 aromatic carbocycles. The topological polar surface area (TPSA) is 75.7 Å². The second-order valence-electron chi connectivity index (χ2n) is 7.73. The smallest absolute Gasteiger partial charge is 0.320 e. The van der Waals surface area contributed by atoms with Gasteiger partial charge in [0.25, 0.3) is 0 Å². The van der Waals surface area contributed by atoms with Crippen LogP contribution in [0.25, 0.3) is 0 Å². The van der Waals surface area contributed by atoms with Crippen LogP contribution in [0.5, 0.6) is 0 Å². The number of ether oxygens (including phenoxy) is 1. The summed E-state index contributed by atoms with van der Waals surface area (Å²) in [6, 6.07) is 0.180. The average molecular weight is 340 g/mol. The predicted octanol–water partition coefficient (Wildman–Crippen LogP) is 1.71. The van der Waals surface area contributed by atoms with Crippen molar-refractivity contribution in [3.63, 3.8) is 0 Å². The lowest BCUT2D eigenvalue weighted by molar-refractivity contribution is -0.157. The van der Waals surface area contributed by atoms with Crippen molar-refractivity contribution in [1.29, 1.82) is 0 Å². The molecule has 0 bridgehead atoms. The van der Waals surface area contributed by atoms with Gasteiger partial charge in [0.05, 0.1) is 19.6 Å². The Balaban J connectivity index is 2.80. The Bertz CT molecular complexity index is 456. The number of ketones is 2. The van der Waals surface area contributed by atoms with Crippen LogP contribution in [-0.4, -0.2) is 59.8 Å². The standard InChI is InChI=1S/C18H32N2O4/c1-13(21)10-19-15-8-6-7-9-16(15)20(11-14(2)22)12-17(23)24-18(3,4)5/h15-16,19H,6-12H2,1-5H3/t15-,16?/m0/s1. The fraction of sp³-hybridized carbons (Fsp3) is 0.833. The molecular formula is C18H32N2O4. The first-order valence-electron chi connectivity index (χ1n) is 8.76. The maximum absolute atomic E-state index is 12.2. The van der Waals surface area contributed by atoms with Crippen molar-refractivity contribution < 1.29 is 19.1 Å². The Kier molecular flexibility index (Phi) is 8.03. The molecule has 2 atom stereocenters. The first-order chi connectivity index (χ1) is 11.1. The molecule has 0 radical (unpaired) electrons. The quantitative estimate of drug-likeness (QED) is 0.678. The van der Waals surface area contributed by atoms with Gasteiger partial charge in [-0.2, -0.15) is 0 Å². The lowest BCUT2D eigenvalue weighted by atomic mass is 9.88. The fourth-order valence-electron chi connectivity index (χ4n) is 3.18. The second-order valence-corrected chi connectivity index (χ2v) is 7.73. The van der Waals surface area contributed by atoms with Crippen molar-refractivity contribution in [1.82, 2.24) is 10.2 Å². The van der Waals surface area contributed by atoms with E-state index in [1.54, 1.807) is 6.92 Å². The van der Waals surface area contributed by atoms with Crippen molar-refractivity contribution in [2.75, 3.05) is 19.6 Å². The molecule has 1 aliphatic carbocycles. The molecule has 1 aliphatic rings. The van der Waals surface area contributed by atoms with Gasteiger partial charge in [-0.15, -0.1) is 0 Å². The molecule has 0 amide bonds. The number of Topliss-reactive ketones (excluding diaryl/α,β-unsaturated/α-hetero) is 2. The van der Waals surface area contributed by atoms with Crippen LogP contribution < -0.4 is 5.32 Å². The number of hydrogen-bond donors (Lipinski definition) is 1. The van der Waals surface area contributed by atoms with Gasteiger partial charge in [-0.05, 0) is 47.5 Å². The van der Waals surface area contributed by atoms with Crippen LogP contribution in [0, 0.1) is 0 Å². The molecule has 6 heteroatoms. The largest absolute Gasteiger partial charge is 0.459 e. The van der Waals surface area contributed by atoms with Gasteiger partial charge < -0.3 is 10.1 Å². The Morgan fingerprint density at radius 2 is 1.67 bits per heavy atom. The second kappa shape index (κ2) is 9.28. The molecule has 138 valence electrons. The lowest BCUT2D eigenvalue weighted by Gasteiger charge is -2.39. The molecular weight excluding hydrogens is 308 g/mol. The molecule has 1 fully saturated rings. The monoisotopic (exact) mass is 340 g/mol. The molecule has 0 aliphatic heterocycles. The van der Waals surface area contributed by atoms with E-state index in [9.17, 15) is 14.4 Å². The summed E-state index contributed by atoms with van der Waals surface area (Å²) < 4.78 is 5.41. The van der Waals surface area contributed by atoms with Crippen LogP contribution in [0.3, 0.4) is 0 Å².